The van der Waals surface area contributed by atoms with Crippen molar-refractivity contribution < 1.29 is 9.13 Å². The van der Waals surface area contributed by atoms with Crippen molar-refractivity contribution in [1.29, 1.82) is 0 Å². The van der Waals surface area contributed by atoms with Gasteiger partial charge in [0.05, 0.1) is 7.11 Å². The first kappa shape index (κ1) is 10.8. The van der Waals surface area contributed by atoms with Crippen LogP contribution in [-0.4, -0.2) is 11.7 Å². The Labute approximate surface area is 82.1 Å². The number of pyridine rings is 1. The molecule has 1 aromatic rings. The second-order valence-electron chi connectivity index (χ2n) is 3.20. The van der Waals surface area contributed by atoms with Gasteiger partial charge in [-0.2, -0.15) is 0 Å². The largest absolute Gasteiger partial charge is 0.495 e. The van der Waals surface area contributed by atoms with Crippen LogP contribution < -0.4 is 10.3 Å². The maximum Gasteiger partial charge on any atom is 0.287 e. The van der Waals surface area contributed by atoms with Crippen LogP contribution in [0.25, 0.3) is 0 Å². The summed E-state index contributed by atoms with van der Waals surface area (Å²) in [7, 11) is 1.44. The molecule has 0 fully saturated rings. The van der Waals surface area contributed by atoms with Crippen molar-refractivity contribution in [1.82, 2.24) is 4.57 Å². The van der Waals surface area contributed by atoms with Gasteiger partial charge in [-0.15, -0.1) is 0 Å². The average molecular weight is 199 g/mol. The zero-order valence-electron chi connectivity index (χ0n) is 8.58. The summed E-state index contributed by atoms with van der Waals surface area (Å²) in [6.45, 7) is 3.80. The Kier molecular flexibility index (Phi) is 3.28. The predicted molar refractivity (Wildman–Crippen MR) is 52.2 cm³/mol. The Hall–Kier alpha value is -1.32. The van der Waals surface area contributed by atoms with Crippen molar-refractivity contribution in [2.75, 3.05) is 7.11 Å². The van der Waals surface area contributed by atoms with Crippen LogP contribution in [-0.2, 0) is 0 Å². The molecular weight excluding hydrogens is 185 g/mol. The number of hydrogen-bond donors (Lipinski definition) is 0. The topological polar surface area (TPSA) is 31.2 Å². The second-order valence-corrected chi connectivity index (χ2v) is 3.20. The smallest absolute Gasteiger partial charge is 0.287 e. The lowest BCUT2D eigenvalue weighted by molar-refractivity contribution is 0.392. The van der Waals surface area contributed by atoms with E-state index in [4.69, 9.17) is 4.74 Å². The van der Waals surface area contributed by atoms with E-state index >= 15 is 0 Å². The van der Waals surface area contributed by atoms with Gasteiger partial charge in [-0.3, -0.25) is 4.79 Å². The summed E-state index contributed by atoms with van der Waals surface area (Å²) in [4.78, 5) is 11.4. The summed E-state index contributed by atoms with van der Waals surface area (Å²) >= 11 is 0. The van der Waals surface area contributed by atoms with E-state index in [1.807, 2.05) is 13.8 Å². The Bertz CT molecular complexity index is 373. The minimum Gasteiger partial charge on any atom is -0.495 e. The highest BCUT2D eigenvalue weighted by atomic mass is 19.1. The SMILES string of the molecule is CCC(C)n1cc(OC)cc(F)c1=O. The van der Waals surface area contributed by atoms with Crippen LogP contribution in [0.4, 0.5) is 4.39 Å². The summed E-state index contributed by atoms with van der Waals surface area (Å²) in [6.07, 6.45) is 2.30. The number of aromatic nitrogens is 1. The summed E-state index contributed by atoms with van der Waals surface area (Å²) in [5.74, 6) is -0.410. The van der Waals surface area contributed by atoms with Gasteiger partial charge in [0.1, 0.15) is 5.75 Å². The van der Waals surface area contributed by atoms with Crippen LogP contribution in [0, 0.1) is 5.82 Å². The summed E-state index contributed by atoms with van der Waals surface area (Å²) in [5, 5.41) is 0. The van der Waals surface area contributed by atoms with Crippen LogP contribution in [0.3, 0.4) is 0 Å². The first-order chi connectivity index (χ1) is 6.60. The van der Waals surface area contributed by atoms with Gasteiger partial charge in [-0.1, -0.05) is 6.92 Å². The molecule has 0 aliphatic carbocycles. The standard InChI is InChI=1S/C10H14FNO2/c1-4-7(2)12-6-8(14-3)5-9(11)10(12)13/h5-7H,4H2,1-3H3. The Morgan fingerprint density at radius 2 is 2.29 bits per heavy atom. The number of methoxy groups -OCH3 is 1. The summed E-state index contributed by atoms with van der Waals surface area (Å²) in [5.41, 5.74) is -0.597. The molecule has 0 aromatic carbocycles. The minimum absolute atomic E-state index is 0.0212. The molecule has 0 aliphatic heterocycles. The summed E-state index contributed by atoms with van der Waals surface area (Å²) in [6, 6.07) is 1.08. The van der Waals surface area contributed by atoms with Gasteiger partial charge in [0.15, 0.2) is 5.82 Å². The molecule has 1 rings (SSSR count). The minimum atomic E-state index is -0.773. The van der Waals surface area contributed by atoms with Crippen LogP contribution >= 0.6 is 0 Å². The van der Waals surface area contributed by atoms with E-state index in [0.717, 1.165) is 12.5 Å². The van der Waals surface area contributed by atoms with Crippen molar-refractivity contribution in [3.05, 3.63) is 28.4 Å². The molecule has 14 heavy (non-hydrogen) atoms. The van der Waals surface area contributed by atoms with E-state index in [1.165, 1.54) is 17.9 Å². The number of rotatable bonds is 3. The van der Waals surface area contributed by atoms with Gasteiger partial charge < -0.3 is 9.30 Å². The van der Waals surface area contributed by atoms with Gasteiger partial charge >= 0.3 is 0 Å². The third kappa shape index (κ3) is 1.95. The lowest BCUT2D eigenvalue weighted by Gasteiger charge is -2.13. The zero-order chi connectivity index (χ0) is 10.7. The first-order valence-electron chi connectivity index (χ1n) is 4.55. The van der Waals surface area contributed by atoms with Crippen LogP contribution in [0.5, 0.6) is 5.75 Å². The van der Waals surface area contributed by atoms with E-state index in [1.54, 1.807) is 0 Å². The lowest BCUT2D eigenvalue weighted by Crippen LogP contribution is -2.25. The second kappa shape index (κ2) is 4.26. The molecule has 0 bridgehead atoms. The molecular formula is C10H14FNO2. The zero-order valence-corrected chi connectivity index (χ0v) is 8.58. The quantitative estimate of drug-likeness (QED) is 0.745. The molecule has 0 N–H and O–H groups in total. The van der Waals surface area contributed by atoms with Gasteiger partial charge in [0.2, 0.25) is 0 Å². The highest BCUT2D eigenvalue weighted by Gasteiger charge is 2.10. The van der Waals surface area contributed by atoms with Crippen molar-refractivity contribution in [3.63, 3.8) is 0 Å². The Morgan fingerprint density at radius 1 is 1.64 bits per heavy atom. The molecule has 0 radical (unpaired) electrons. The van der Waals surface area contributed by atoms with Crippen molar-refractivity contribution in [3.8, 4) is 5.75 Å². The maximum atomic E-state index is 13.1. The lowest BCUT2D eigenvalue weighted by atomic mass is 10.2. The highest BCUT2D eigenvalue weighted by molar-refractivity contribution is 5.18. The molecule has 0 saturated carbocycles. The third-order valence-electron chi connectivity index (χ3n) is 2.28. The number of ether oxygens (including phenoxy) is 1. The van der Waals surface area contributed by atoms with Crippen LogP contribution in [0.2, 0.25) is 0 Å². The number of nitrogens with zero attached hydrogens (tertiary/aromatic N) is 1. The number of halogens is 1. The molecule has 3 nitrogen and oxygen atoms in total. The Morgan fingerprint density at radius 3 is 2.79 bits per heavy atom. The fourth-order valence-electron chi connectivity index (χ4n) is 1.18. The predicted octanol–water partition coefficient (Wildman–Crippen LogP) is 1.97. The molecule has 0 spiro atoms. The fourth-order valence-corrected chi connectivity index (χ4v) is 1.18. The average Bonchev–Trinajstić information content (AvgIpc) is 2.20. The maximum absolute atomic E-state index is 13.1. The van der Waals surface area contributed by atoms with Crippen molar-refractivity contribution in [2.45, 2.75) is 26.3 Å². The monoisotopic (exact) mass is 199 g/mol. The van der Waals surface area contributed by atoms with Gasteiger partial charge in [0, 0.05) is 18.3 Å². The third-order valence-corrected chi connectivity index (χ3v) is 2.28. The fraction of sp³-hybridized carbons (Fsp3) is 0.500. The van der Waals surface area contributed by atoms with E-state index in [0.29, 0.717) is 5.75 Å². The molecule has 1 unspecified atom stereocenters. The molecule has 1 atom stereocenters. The van der Waals surface area contributed by atoms with Crippen LogP contribution in [0.15, 0.2) is 17.1 Å². The molecule has 0 saturated heterocycles. The van der Waals surface area contributed by atoms with E-state index < -0.39 is 11.4 Å². The molecule has 0 amide bonds. The molecule has 0 aliphatic rings. The van der Waals surface area contributed by atoms with E-state index in [-0.39, 0.29) is 6.04 Å². The highest BCUT2D eigenvalue weighted by Crippen LogP contribution is 2.13. The van der Waals surface area contributed by atoms with Crippen LogP contribution in [0.1, 0.15) is 26.3 Å². The first-order valence-corrected chi connectivity index (χ1v) is 4.55. The molecule has 1 heterocycles. The number of hydrogen-bond acceptors (Lipinski definition) is 2. The van der Waals surface area contributed by atoms with E-state index in [9.17, 15) is 9.18 Å². The van der Waals surface area contributed by atoms with Crippen molar-refractivity contribution in [2.24, 2.45) is 0 Å². The molecule has 1 aromatic heterocycles. The summed E-state index contributed by atoms with van der Waals surface area (Å²) < 4.78 is 19.4. The molecule has 4 heteroatoms. The molecule has 78 valence electrons. The van der Waals surface area contributed by atoms with E-state index in [2.05, 4.69) is 0 Å². The normalized spacial score (nSPS) is 12.6. The Balaban J connectivity index is 3.27. The van der Waals surface area contributed by atoms with Gasteiger partial charge in [0.25, 0.3) is 5.56 Å². The van der Waals surface area contributed by atoms with Gasteiger partial charge in [-0.25, -0.2) is 4.39 Å². The van der Waals surface area contributed by atoms with Crippen molar-refractivity contribution >= 4 is 0 Å². The van der Waals surface area contributed by atoms with Gasteiger partial charge in [-0.05, 0) is 13.3 Å².